The van der Waals surface area contributed by atoms with Crippen LogP contribution in [-0.4, -0.2) is 12.2 Å². The van der Waals surface area contributed by atoms with Crippen molar-refractivity contribution in [3.8, 4) is 0 Å². The topological polar surface area (TPSA) is 9.23 Å². The second kappa shape index (κ2) is 3.23. The Labute approximate surface area is 87.2 Å². The summed E-state index contributed by atoms with van der Waals surface area (Å²) >= 11 is 0. The summed E-state index contributed by atoms with van der Waals surface area (Å²) in [6, 6.07) is 0. The molecule has 0 N–H and O–H groups in total. The van der Waals surface area contributed by atoms with E-state index < -0.39 is 0 Å². The van der Waals surface area contributed by atoms with Crippen LogP contribution in [0.3, 0.4) is 0 Å². The van der Waals surface area contributed by atoms with E-state index in [4.69, 9.17) is 4.74 Å². The third kappa shape index (κ3) is 1.41. The van der Waals surface area contributed by atoms with Crippen molar-refractivity contribution in [2.24, 2.45) is 17.8 Å². The normalized spacial score (nSPS) is 49.9. The molecule has 0 aliphatic heterocycles. The Morgan fingerprint density at radius 2 is 1.93 bits per heavy atom. The molecule has 0 heterocycles. The molecular formula is C13H21O. The molecule has 0 spiro atoms. The minimum absolute atomic E-state index is 0.321. The second-order valence-electron chi connectivity index (χ2n) is 5.69. The fourth-order valence-corrected chi connectivity index (χ4v) is 4.19. The highest BCUT2D eigenvalue weighted by Gasteiger charge is 2.51. The van der Waals surface area contributed by atoms with Crippen molar-refractivity contribution < 1.29 is 4.74 Å². The van der Waals surface area contributed by atoms with E-state index in [1.54, 1.807) is 0 Å². The fourth-order valence-electron chi connectivity index (χ4n) is 4.19. The Kier molecular flexibility index (Phi) is 2.12. The summed E-state index contributed by atoms with van der Waals surface area (Å²) in [6.07, 6.45) is 10.8. The van der Waals surface area contributed by atoms with Gasteiger partial charge in [0, 0.05) is 6.61 Å². The fraction of sp³-hybridized carbons (Fsp3) is 0.923. The van der Waals surface area contributed by atoms with Crippen molar-refractivity contribution in [1.82, 2.24) is 0 Å². The van der Waals surface area contributed by atoms with Crippen LogP contribution in [0.15, 0.2) is 0 Å². The van der Waals surface area contributed by atoms with Crippen LogP contribution < -0.4 is 0 Å². The SMILES string of the molecule is CCCO[C@]12C[C@@H]3[CH][C@@H](C[C@@H](C3)C1)C2. The standard InChI is InChI=1S/C13H21O/c1-2-3-14-13-7-10-4-11(8-13)6-12(5-10)9-13/h4,10-12H,2-3,5-9H2,1H3/t10-,11+,12-,13+. The van der Waals surface area contributed by atoms with Gasteiger partial charge in [-0.2, -0.15) is 0 Å². The van der Waals surface area contributed by atoms with Gasteiger partial charge in [-0.25, -0.2) is 0 Å². The molecule has 14 heavy (non-hydrogen) atoms. The van der Waals surface area contributed by atoms with Crippen molar-refractivity contribution in [1.29, 1.82) is 0 Å². The van der Waals surface area contributed by atoms with Crippen LogP contribution in [0.25, 0.3) is 0 Å². The van der Waals surface area contributed by atoms with Crippen molar-refractivity contribution >= 4 is 0 Å². The average molecular weight is 193 g/mol. The van der Waals surface area contributed by atoms with Crippen molar-refractivity contribution in [2.45, 2.75) is 51.0 Å². The Hall–Kier alpha value is -0.0400. The molecule has 1 nitrogen and oxygen atoms in total. The molecular weight excluding hydrogens is 172 g/mol. The summed E-state index contributed by atoms with van der Waals surface area (Å²) in [4.78, 5) is 0. The van der Waals surface area contributed by atoms with Gasteiger partial charge in [0.15, 0.2) is 0 Å². The Morgan fingerprint density at radius 1 is 1.21 bits per heavy atom. The summed E-state index contributed by atoms with van der Waals surface area (Å²) < 4.78 is 6.17. The summed E-state index contributed by atoms with van der Waals surface area (Å²) in [6.45, 7) is 3.19. The van der Waals surface area contributed by atoms with Crippen LogP contribution in [-0.2, 0) is 4.74 Å². The second-order valence-corrected chi connectivity index (χ2v) is 5.69. The van der Waals surface area contributed by atoms with Gasteiger partial charge in [-0.3, -0.25) is 0 Å². The summed E-state index contributed by atoms with van der Waals surface area (Å²) in [5, 5.41) is 0. The highest BCUT2D eigenvalue weighted by molar-refractivity contribution is 5.09. The predicted octanol–water partition coefficient (Wildman–Crippen LogP) is 3.20. The van der Waals surface area contributed by atoms with E-state index in [1.807, 2.05) is 0 Å². The van der Waals surface area contributed by atoms with Crippen molar-refractivity contribution in [3.05, 3.63) is 6.42 Å². The summed E-state index contributed by atoms with van der Waals surface area (Å²) in [7, 11) is 0. The highest BCUT2D eigenvalue weighted by atomic mass is 16.5. The minimum atomic E-state index is 0.321. The highest BCUT2D eigenvalue weighted by Crippen LogP contribution is 2.56. The molecule has 4 atom stereocenters. The van der Waals surface area contributed by atoms with E-state index in [1.165, 1.54) is 38.5 Å². The zero-order chi connectivity index (χ0) is 9.60. The number of ether oxygens (including phenoxy) is 1. The summed E-state index contributed by atoms with van der Waals surface area (Å²) in [5.74, 6) is 2.80. The first-order valence-corrected chi connectivity index (χ1v) is 6.28. The lowest BCUT2D eigenvalue weighted by molar-refractivity contribution is -0.145. The van der Waals surface area contributed by atoms with Crippen LogP contribution in [0.2, 0.25) is 0 Å². The first-order chi connectivity index (χ1) is 6.80. The zero-order valence-corrected chi connectivity index (χ0v) is 9.17. The van der Waals surface area contributed by atoms with Crippen LogP contribution in [0, 0.1) is 24.2 Å². The molecule has 4 bridgehead atoms. The molecule has 4 aliphatic rings. The maximum absolute atomic E-state index is 6.17. The molecule has 0 aromatic carbocycles. The molecule has 4 fully saturated rings. The van der Waals surface area contributed by atoms with Gasteiger partial charge in [0.2, 0.25) is 0 Å². The van der Waals surface area contributed by atoms with Gasteiger partial charge >= 0.3 is 0 Å². The molecule has 79 valence electrons. The smallest absolute Gasteiger partial charge is 0.0690 e. The monoisotopic (exact) mass is 193 g/mol. The van der Waals surface area contributed by atoms with Crippen LogP contribution in [0.1, 0.15) is 45.4 Å². The van der Waals surface area contributed by atoms with Crippen molar-refractivity contribution in [2.75, 3.05) is 6.61 Å². The molecule has 4 rings (SSSR count). The van der Waals surface area contributed by atoms with E-state index >= 15 is 0 Å². The average Bonchev–Trinajstić information content (AvgIpc) is 2.12. The van der Waals surface area contributed by atoms with Gasteiger partial charge in [-0.1, -0.05) is 6.92 Å². The zero-order valence-electron chi connectivity index (χ0n) is 9.17. The van der Waals surface area contributed by atoms with Crippen LogP contribution in [0.5, 0.6) is 0 Å². The van der Waals surface area contributed by atoms with Gasteiger partial charge in [-0.15, -0.1) is 0 Å². The first-order valence-electron chi connectivity index (χ1n) is 6.28. The van der Waals surface area contributed by atoms with E-state index in [0.29, 0.717) is 5.60 Å². The maximum atomic E-state index is 6.17. The molecule has 0 aromatic rings. The predicted molar refractivity (Wildman–Crippen MR) is 56.8 cm³/mol. The van der Waals surface area contributed by atoms with Gasteiger partial charge < -0.3 is 4.74 Å². The molecule has 1 heteroatoms. The van der Waals surface area contributed by atoms with Crippen LogP contribution >= 0.6 is 0 Å². The summed E-state index contributed by atoms with van der Waals surface area (Å²) in [5.41, 5.74) is 0.321. The molecule has 0 unspecified atom stereocenters. The molecule has 0 aromatic heterocycles. The lowest BCUT2D eigenvalue weighted by Gasteiger charge is -2.56. The lowest BCUT2D eigenvalue weighted by atomic mass is 9.54. The molecule has 1 radical (unpaired) electrons. The molecule has 0 amide bonds. The van der Waals surface area contributed by atoms with Gasteiger partial charge in [-0.05, 0) is 62.7 Å². The Balaban J connectivity index is 1.74. The quantitative estimate of drug-likeness (QED) is 0.669. The lowest BCUT2D eigenvalue weighted by Crippen LogP contribution is -2.52. The number of hydrogen-bond acceptors (Lipinski definition) is 1. The largest absolute Gasteiger partial charge is 0.375 e. The number of hydrogen-bond donors (Lipinski definition) is 0. The van der Waals surface area contributed by atoms with Gasteiger partial charge in [0.1, 0.15) is 0 Å². The number of rotatable bonds is 3. The van der Waals surface area contributed by atoms with Gasteiger partial charge in [0.25, 0.3) is 0 Å². The van der Waals surface area contributed by atoms with E-state index in [2.05, 4.69) is 13.3 Å². The molecule has 0 saturated heterocycles. The molecule has 4 saturated carbocycles. The molecule has 4 aliphatic carbocycles. The Bertz CT molecular complexity index is 186. The van der Waals surface area contributed by atoms with Crippen molar-refractivity contribution in [3.63, 3.8) is 0 Å². The van der Waals surface area contributed by atoms with Crippen LogP contribution in [0.4, 0.5) is 0 Å². The maximum Gasteiger partial charge on any atom is 0.0690 e. The Morgan fingerprint density at radius 3 is 2.50 bits per heavy atom. The van der Waals surface area contributed by atoms with E-state index in [0.717, 1.165) is 24.4 Å². The minimum Gasteiger partial charge on any atom is -0.375 e. The third-order valence-corrected chi connectivity index (χ3v) is 4.36. The van der Waals surface area contributed by atoms with E-state index in [-0.39, 0.29) is 0 Å². The first kappa shape index (κ1) is 9.21. The van der Waals surface area contributed by atoms with Gasteiger partial charge in [0.05, 0.1) is 5.60 Å². The third-order valence-electron chi connectivity index (χ3n) is 4.36. The van der Waals surface area contributed by atoms with E-state index in [9.17, 15) is 0 Å².